The Morgan fingerprint density at radius 1 is 1.43 bits per heavy atom. The average molecular weight is 197 g/mol. The van der Waals surface area contributed by atoms with E-state index in [1.807, 2.05) is 14.1 Å². The number of carbonyl (C=O) groups is 1. The molecule has 2 aliphatic rings. The van der Waals surface area contributed by atoms with Crippen LogP contribution in [0.5, 0.6) is 0 Å². The van der Waals surface area contributed by atoms with Gasteiger partial charge in [0.05, 0.1) is 0 Å². The van der Waals surface area contributed by atoms with E-state index in [0.717, 1.165) is 19.6 Å². The fourth-order valence-electron chi connectivity index (χ4n) is 2.09. The second-order valence-corrected chi connectivity index (χ2v) is 4.42. The summed E-state index contributed by atoms with van der Waals surface area (Å²) in [6.07, 6.45) is 2.55. The van der Waals surface area contributed by atoms with Crippen LogP contribution in [0.2, 0.25) is 0 Å². The number of rotatable bonds is 2. The number of nitrogens with one attached hydrogen (secondary N) is 1. The SMILES string of the molecule is CN(C)C(=O)C1CNCCN1C1CC1. The van der Waals surface area contributed by atoms with Crippen molar-refractivity contribution in [2.75, 3.05) is 33.7 Å². The molecule has 14 heavy (non-hydrogen) atoms. The van der Waals surface area contributed by atoms with Crippen LogP contribution in [0.4, 0.5) is 0 Å². The predicted molar refractivity (Wildman–Crippen MR) is 55.1 cm³/mol. The lowest BCUT2D eigenvalue weighted by atomic mass is 10.1. The highest BCUT2D eigenvalue weighted by Crippen LogP contribution is 2.29. The summed E-state index contributed by atoms with van der Waals surface area (Å²) in [5.41, 5.74) is 0. The van der Waals surface area contributed by atoms with Crippen LogP contribution in [-0.2, 0) is 4.79 Å². The maximum absolute atomic E-state index is 11.9. The molecule has 1 saturated carbocycles. The minimum atomic E-state index is 0.0752. The van der Waals surface area contributed by atoms with Gasteiger partial charge in [0.25, 0.3) is 0 Å². The highest BCUT2D eigenvalue weighted by atomic mass is 16.2. The Bertz CT molecular complexity index is 225. The standard InChI is InChI=1S/C10H19N3O/c1-12(2)10(14)9-7-11-5-6-13(9)8-3-4-8/h8-9,11H,3-7H2,1-2H3. The third kappa shape index (κ3) is 1.91. The summed E-state index contributed by atoms with van der Waals surface area (Å²) < 4.78 is 0. The highest BCUT2D eigenvalue weighted by molar-refractivity contribution is 5.81. The van der Waals surface area contributed by atoms with Crippen molar-refractivity contribution in [1.82, 2.24) is 15.1 Å². The van der Waals surface area contributed by atoms with Crippen molar-refractivity contribution in [3.05, 3.63) is 0 Å². The van der Waals surface area contributed by atoms with Crippen molar-refractivity contribution in [2.45, 2.75) is 24.9 Å². The first kappa shape index (κ1) is 9.93. The molecule has 4 nitrogen and oxygen atoms in total. The van der Waals surface area contributed by atoms with Crippen LogP contribution >= 0.6 is 0 Å². The zero-order chi connectivity index (χ0) is 10.1. The highest BCUT2D eigenvalue weighted by Gasteiger charge is 2.38. The summed E-state index contributed by atoms with van der Waals surface area (Å²) in [5, 5.41) is 3.29. The molecule has 80 valence electrons. The number of likely N-dealkylation sites (N-methyl/N-ethyl adjacent to an activating group) is 1. The molecule has 1 saturated heterocycles. The Labute approximate surface area is 85.2 Å². The number of amides is 1. The first-order valence-corrected chi connectivity index (χ1v) is 5.38. The van der Waals surface area contributed by atoms with E-state index in [4.69, 9.17) is 0 Å². The maximum Gasteiger partial charge on any atom is 0.240 e. The summed E-state index contributed by atoms with van der Waals surface area (Å²) in [7, 11) is 3.67. The van der Waals surface area contributed by atoms with Gasteiger partial charge in [0.15, 0.2) is 0 Å². The molecule has 1 heterocycles. The van der Waals surface area contributed by atoms with Crippen molar-refractivity contribution >= 4 is 5.91 Å². The van der Waals surface area contributed by atoms with Gasteiger partial charge in [0.1, 0.15) is 6.04 Å². The Morgan fingerprint density at radius 3 is 2.71 bits per heavy atom. The summed E-state index contributed by atoms with van der Waals surface area (Å²) in [5.74, 6) is 0.240. The van der Waals surface area contributed by atoms with Gasteiger partial charge < -0.3 is 10.2 Å². The van der Waals surface area contributed by atoms with Crippen LogP contribution in [-0.4, -0.2) is 61.5 Å². The molecular formula is C10H19N3O. The third-order valence-electron chi connectivity index (χ3n) is 3.03. The first-order chi connectivity index (χ1) is 6.70. The van der Waals surface area contributed by atoms with Crippen molar-refractivity contribution < 1.29 is 4.79 Å². The van der Waals surface area contributed by atoms with Crippen LogP contribution in [0.3, 0.4) is 0 Å². The van der Waals surface area contributed by atoms with E-state index in [2.05, 4.69) is 10.2 Å². The molecule has 1 unspecified atom stereocenters. The minimum absolute atomic E-state index is 0.0752. The smallest absolute Gasteiger partial charge is 0.240 e. The molecule has 0 aromatic carbocycles. The van der Waals surface area contributed by atoms with E-state index >= 15 is 0 Å². The number of piperazine rings is 1. The number of hydrogen-bond acceptors (Lipinski definition) is 3. The first-order valence-electron chi connectivity index (χ1n) is 5.38. The normalized spacial score (nSPS) is 28.9. The van der Waals surface area contributed by atoms with Crippen LogP contribution in [0.25, 0.3) is 0 Å². The Hall–Kier alpha value is -0.610. The molecule has 0 spiro atoms. The lowest BCUT2D eigenvalue weighted by Crippen LogP contribution is -2.58. The van der Waals surface area contributed by atoms with Crippen molar-refractivity contribution in [1.29, 1.82) is 0 Å². The van der Waals surface area contributed by atoms with E-state index < -0.39 is 0 Å². The van der Waals surface area contributed by atoms with Gasteiger partial charge in [-0.1, -0.05) is 0 Å². The molecule has 2 fully saturated rings. The lowest BCUT2D eigenvalue weighted by Gasteiger charge is -2.36. The van der Waals surface area contributed by atoms with E-state index in [-0.39, 0.29) is 11.9 Å². The molecule has 4 heteroatoms. The number of nitrogens with zero attached hydrogens (tertiary/aromatic N) is 2. The molecule has 1 amide bonds. The molecule has 1 atom stereocenters. The summed E-state index contributed by atoms with van der Waals surface area (Å²) in [6.45, 7) is 2.86. The molecule has 2 rings (SSSR count). The zero-order valence-corrected chi connectivity index (χ0v) is 8.99. The van der Waals surface area contributed by atoms with Gasteiger partial charge in [-0.3, -0.25) is 9.69 Å². The predicted octanol–water partition coefficient (Wildman–Crippen LogP) is -0.489. The molecule has 0 radical (unpaired) electrons. The molecule has 0 aromatic heterocycles. The van der Waals surface area contributed by atoms with Crippen molar-refractivity contribution in [3.8, 4) is 0 Å². The van der Waals surface area contributed by atoms with Gasteiger partial charge in [-0.25, -0.2) is 0 Å². The minimum Gasteiger partial charge on any atom is -0.347 e. The molecular weight excluding hydrogens is 178 g/mol. The summed E-state index contributed by atoms with van der Waals surface area (Å²) in [6, 6.07) is 0.761. The van der Waals surface area contributed by atoms with Gasteiger partial charge in [-0.15, -0.1) is 0 Å². The fraction of sp³-hybridized carbons (Fsp3) is 0.900. The van der Waals surface area contributed by atoms with E-state index in [9.17, 15) is 4.79 Å². The second kappa shape index (κ2) is 3.87. The molecule has 1 N–H and O–H groups in total. The van der Waals surface area contributed by atoms with Crippen LogP contribution in [0, 0.1) is 0 Å². The van der Waals surface area contributed by atoms with Crippen LogP contribution in [0.1, 0.15) is 12.8 Å². The monoisotopic (exact) mass is 197 g/mol. The molecule has 1 aliphatic carbocycles. The second-order valence-electron chi connectivity index (χ2n) is 4.42. The topological polar surface area (TPSA) is 35.6 Å². The van der Waals surface area contributed by atoms with Crippen molar-refractivity contribution in [3.63, 3.8) is 0 Å². The number of carbonyl (C=O) groups excluding carboxylic acids is 1. The maximum atomic E-state index is 11.9. The third-order valence-corrected chi connectivity index (χ3v) is 3.03. The Morgan fingerprint density at radius 2 is 2.14 bits per heavy atom. The summed E-state index contributed by atoms with van der Waals surface area (Å²) in [4.78, 5) is 16.0. The lowest BCUT2D eigenvalue weighted by molar-refractivity contribution is -0.135. The van der Waals surface area contributed by atoms with Gasteiger partial charge in [0, 0.05) is 39.8 Å². The van der Waals surface area contributed by atoms with Crippen molar-refractivity contribution in [2.24, 2.45) is 0 Å². The Kier molecular flexibility index (Phi) is 2.74. The van der Waals surface area contributed by atoms with Crippen LogP contribution < -0.4 is 5.32 Å². The molecule has 0 bridgehead atoms. The van der Waals surface area contributed by atoms with Gasteiger partial charge in [-0.05, 0) is 12.8 Å². The Balaban J connectivity index is 2.01. The fourth-order valence-corrected chi connectivity index (χ4v) is 2.09. The molecule has 1 aliphatic heterocycles. The number of hydrogen-bond donors (Lipinski definition) is 1. The molecule has 0 aromatic rings. The summed E-state index contributed by atoms with van der Waals surface area (Å²) >= 11 is 0. The van der Waals surface area contributed by atoms with Crippen LogP contribution in [0.15, 0.2) is 0 Å². The zero-order valence-electron chi connectivity index (χ0n) is 8.99. The average Bonchev–Trinajstić information content (AvgIpc) is 3.00. The van der Waals surface area contributed by atoms with Gasteiger partial charge in [0.2, 0.25) is 5.91 Å². The van der Waals surface area contributed by atoms with Gasteiger partial charge in [-0.2, -0.15) is 0 Å². The quantitative estimate of drug-likeness (QED) is 0.649. The van der Waals surface area contributed by atoms with E-state index in [0.29, 0.717) is 6.04 Å². The van der Waals surface area contributed by atoms with E-state index in [1.54, 1.807) is 4.90 Å². The van der Waals surface area contributed by atoms with E-state index in [1.165, 1.54) is 12.8 Å². The largest absolute Gasteiger partial charge is 0.347 e. The van der Waals surface area contributed by atoms with Gasteiger partial charge >= 0.3 is 0 Å².